The van der Waals surface area contributed by atoms with Crippen LogP contribution in [0.25, 0.3) is 0 Å². The van der Waals surface area contributed by atoms with E-state index in [9.17, 15) is 19.1 Å². The highest BCUT2D eigenvalue weighted by Gasteiger charge is 2.44. The molecule has 0 fully saturated rings. The molecule has 1 N–H and O–H groups in total. The van der Waals surface area contributed by atoms with Crippen LogP contribution in [0.3, 0.4) is 0 Å². The minimum absolute atomic E-state index is 0.0643. The van der Waals surface area contributed by atoms with E-state index < -0.39 is 29.3 Å². The molecule has 0 radical (unpaired) electrons. The number of Topliss-reactive ketones (excluding diaryl/α,β-unsaturated/α-hetero) is 1. The Bertz CT molecular complexity index is 957. The number of methoxy groups -OCH3 is 1. The van der Waals surface area contributed by atoms with Gasteiger partial charge in [0.2, 0.25) is 0 Å². The summed E-state index contributed by atoms with van der Waals surface area (Å²) < 4.78 is 19.6. The van der Waals surface area contributed by atoms with E-state index in [2.05, 4.69) is 0 Å². The number of benzene rings is 2. The number of ether oxygens (including phenoxy) is 1. The second-order valence-corrected chi connectivity index (χ2v) is 6.36. The van der Waals surface area contributed by atoms with E-state index >= 15 is 0 Å². The van der Waals surface area contributed by atoms with Gasteiger partial charge in [0, 0.05) is 17.7 Å². The van der Waals surface area contributed by atoms with Gasteiger partial charge < -0.3 is 9.84 Å². The Hall–Kier alpha value is -2.86. The molecule has 1 unspecified atom stereocenters. The topological polar surface area (TPSA) is 66.8 Å². The molecule has 1 heterocycles. The van der Waals surface area contributed by atoms with E-state index in [1.165, 1.54) is 36.3 Å². The largest absolute Gasteiger partial charge is 0.503 e. The van der Waals surface area contributed by atoms with E-state index in [0.29, 0.717) is 11.4 Å². The molecule has 0 spiro atoms. The fourth-order valence-corrected chi connectivity index (χ4v) is 3.39. The molecule has 1 aliphatic rings. The van der Waals surface area contributed by atoms with E-state index in [1.54, 1.807) is 25.1 Å². The van der Waals surface area contributed by atoms with Crippen LogP contribution < -0.4 is 9.64 Å². The van der Waals surface area contributed by atoms with Gasteiger partial charge in [0.05, 0.1) is 23.7 Å². The zero-order valence-corrected chi connectivity index (χ0v) is 15.5. The fraction of sp³-hybridized carbons (Fsp3) is 0.200. The highest BCUT2D eigenvalue weighted by atomic mass is 35.5. The summed E-state index contributed by atoms with van der Waals surface area (Å²) in [6.45, 7) is 1.61. The van der Waals surface area contributed by atoms with Gasteiger partial charge in [0.25, 0.3) is 5.91 Å². The SMILES string of the molecule is CCC(=O)C1=C(O)C(=O)N(c2ccc(OC)c(Cl)c2)C1c1ccccc1F. The third-order valence-corrected chi connectivity index (χ3v) is 4.74. The van der Waals surface area contributed by atoms with Crippen molar-refractivity contribution >= 4 is 29.0 Å². The molecule has 0 aliphatic carbocycles. The van der Waals surface area contributed by atoms with Crippen LogP contribution in [0.5, 0.6) is 5.75 Å². The third-order valence-electron chi connectivity index (χ3n) is 4.44. The molecule has 7 heteroatoms. The number of hydrogen-bond acceptors (Lipinski definition) is 4. The lowest BCUT2D eigenvalue weighted by molar-refractivity contribution is -0.118. The summed E-state index contributed by atoms with van der Waals surface area (Å²) in [4.78, 5) is 26.4. The van der Waals surface area contributed by atoms with Crippen LogP contribution in [0.4, 0.5) is 10.1 Å². The maximum atomic E-state index is 14.5. The predicted molar refractivity (Wildman–Crippen MR) is 99.6 cm³/mol. The molecular weight excluding hydrogens is 373 g/mol. The average Bonchev–Trinajstić information content (AvgIpc) is 2.92. The quantitative estimate of drug-likeness (QED) is 0.824. The first-order chi connectivity index (χ1) is 12.9. The van der Waals surface area contributed by atoms with Gasteiger partial charge in [0.1, 0.15) is 11.6 Å². The van der Waals surface area contributed by atoms with E-state index in [0.717, 1.165) is 0 Å². The molecule has 0 bridgehead atoms. The molecule has 2 aromatic carbocycles. The lowest BCUT2D eigenvalue weighted by Crippen LogP contribution is -2.31. The van der Waals surface area contributed by atoms with Crippen LogP contribution in [0.2, 0.25) is 5.02 Å². The van der Waals surface area contributed by atoms with Gasteiger partial charge in [-0.1, -0.05) is 36.7 Å². The van der Waals surface area contributed by atoms with Gasteiger partial charge in [0.15, 0.2) is 11.5 Å². The summed E-state index contributed by atoms with van der Waals surface area (Å²) >= 11 is 6.16. The molecule has 5 nitrogen and oxygen atoms in total. The van der Waals surface area contributed by atoms with Crippen LogP contribution in [-0.2, 0) is 9.59 Å². The maximum absolute atomic E-state index is 14.5. The summed E-state index contributed by atoms with van der Waals surface area (Å²) in [5.74, 6) is -2.09. The Kier molecular flexibility index (Phi) is 5.19. The predicted octanol–water partition coefficient (Wildman–Crippen LogP) is 4.37. The number of amides is 1. The standard InChI is InChI=1S/C20H17ClFNO4/c1-3-15(24)17-18(12-6-4-5-7-14(12)22)23(20(26)19(17)25)11-8-9-16(27-2)13(21)10-11/h4-10,18,25H,3H2,1-2H3. The second-order valence-electron chi connectivity index (χ2n) is 5.96. The lowest BCUT2D eigenvalue weighted by atomic mass is 9.94. The molecule has 1 atom stereocenters. The van der Waals surface area contributed by atoms with Gasteiger partial charge in [-0.25, -0.2) is 4.39 Å². The maximum Gasteiger partial charge on any atom is 0.294 e. The zero-order valence-electron chi connectivity index (χ0n) is 14.7. The number of carbonyl (C=O) groups excluding carboxylic acids is 2. The van der Waals surface area contributed by atoms with Crippen molar-refractivity contribution < 1.29 is 23.8 Å². The lowest BCUT2D eigenvalue weighted by Gasteiger charge is -2.27. The van der Waals surface area contributed by atoms with Crippen molar-refractivity contribution in [1.29, 1.82) is 0 Å². The molecule has 0 saturated carbocycles. The van der Waals surface area contributed by atoms with Crippen LogP contribution >= 0.6 is 11.6 Å². The monoisotopic (exact) mass is 389 g/mol. The normalized spacial score (nSPS) is 16.8. The molecule has 0 aromatic heterocycles. The Morgan fingerprint density at radius 3 is 2.59 bits per heavy atom. The molecule has 140 valence electrons. The smallest absolute Gasteiger partial charge is 0.294 e. The molecule has 2 aromatic rings. The second kappa shape index (κ2) is 7.40. The molecule has 3 rings (SSSR count). The number of rotatable bonds is 5. The summed E-state index contributed by atoms with van der Waals surface area (Å²) in [5, 5.41) is 10.6. The Labute approximate surface area is 160 Å². The Balaban J connectivity index is 2.20. The van der Waals surface area contributed by atoms with Crippen LogP contribution in [0.1, 0.15) is 24.9 Å². The Morgan fingerprint density at radius 2 is 2.00 bits per heavy atom. The summed E-state index contributed by atoms with van der Waals surface area (Å²) in [7, 11) is 1.45. The summed E-state index contributed by atoms with van der Waals surface area (Å²) in [6, 6.07) is 9.33. The van der Waals surface area contributed by atoms with Crippen molar-refractivity contribution in [3.05, 3.63) is 70.2 Å². The fourth-order valence-electron chi connectivity index (χ4n) is 3.14. The Morgan fingerprint density at radius 1 is 1.30 bits per heavy atom. The minimum atomic E-state index is -1.09. The van der Waals surface area contributed by atoms with Gasteiger partial charge >= 0.3 is 0 Å². The number of hydrogen-bond donors (Lipinski definition) is 1. The molecule has 27 heavy (non-hydrogen) atoms. The van der Waals surface area contributed by atoms with Crippen molar-refractivity contribution in [1.82, 2.24) is 0 Å². The number of aliphatic hydroxyl groups is 1. The van der Waals surface area contributed by atoms with E-state index in [-0.39, 0.29) is 22.6 Å². The number of aliphatic hydroxyl groups excluding tert-OH is 1. The minimum Gasteiger partial charge on any atom is -0.503 e. The van der Waals surface area contributed by atoms with Gasteiger partial charge in [-0.05, 0) is 24.3 Å². The van der Waals surface area contributed by atoms with E-state index in [4.69, 9.17) is 16.3 Å². The summed E-state index contributed by atoms with van der Waals surface area (Å²) in [5.41, 5.74) is 0.294. The molecule has 0 saturated heterocycles. The summed E-state index contributed by atoms with van der Waals surface area (Å²) in [6.07, 6.45) is 0.0643. The highest BCUT2D eigenvalue weighted by Crippen LogP contribution is 2.43. The third kappa shape index (κ3) is 3.17. The molecule has 1 aliphatic heterocycles. The first kappa shape index (κ1) is 18.9. The van der Waals surface area contributed by atoms with Crippen molar-refractivity contribution in [3.63, 3.8) is 0 Å². The van der Waals surface area contributed by atoms with Gasteiger partial charge in [-0.3, -0.25) is 14.5 Å². The average molecular weight is 390 g/mol. The zero-order chi connectivity index (χ0) is 19.7. The first-order valence-corrected chi connectivity index (χ1v) is 8.66. The number of ketones is 1. The highest BCUT2D eigenvalue weighted by molar-refractivity contribution is 6.32. The van der Waals surface area contributed by atoms with Crippen LogP contribution in [0.15, 0.2) is 53.8 Å². The first-order valence-electron chi connectivity index (χ1n) is 8.28. The number of carbonyl (C=O) groups is 2. The van der Waals surface area contributed by atoms with Gasteiger partial charge in [-0.2, -0.15) is 0 Å². The number of halogens is 2. The molecular formula is C20H17ClFNO4. The van der Waals surface area contributed by atoms with Crippen LogP contribution in [-0.4, -0.2) is 23.9 Å². The van der Waals surface area contributed by atoms with Crippen LogP contribution in [0, 0.1) is 5.82 Å². The van der Waals surface area contributed by atoms with Crippen molar-refractivity contribution in [2.24, 2.45) is 0 Å². The van der Waals surface area contributed by atoms with Crippen molar-refractivity contribution in [2.75, 3.05) is 12.0 Å². The number of nitrogens with zero attached hydrogens (tertiary/aromatic N) is 1. The van der Waals surface area contributed by atoms with Gasteiger partial charge in [-0.15, -0.1) is 0 Å². The van der Waals surface area contributed by atoms with E-state index in [1.807, 2.05) is 0 Å². The van der Waals surface area contributed by atoms with Crippen molar-refractivity contribution in [2.45, 2.75) is 19.4 Å². The molecule has 1 amide bonds. The van der Waals surface area contributed by atoms with Crippen molar-refractivity contribution in [3.8, 4) is 5.75 Å². The number of anilines is 1.